The monoisotopic (exact) mass is 326 g/mol. The van der Waals surface area contributed by atoms with E-state index in [0.29, 0.717) is 5.92 Å². The lowest BCUT2D eigenvalue weighted by molar-refractivity contribution is 0.0133. The number of nitrogens with zero attached hydrogens (tertiary/aromatic N) is 6. The van der Waals surface area contributed by atoms with Crippen LogP contribution in [-0.4, -0.2) is 42.5 Å². The van der Waals surface area contributed by atoms with Crippen molar-refractivity contribution in [3.8, 4) is 0 Å². The van der Waals surface area contributed by atoms with Crippen LogP contribution in [0, 0.1) is 5.92 Å². The van der Waals surface area contributed by atoms with E-state index in [0.717, 1.165) is 31.4 Å². The Labute approximate surface area is 141 Å². The Morgan fingerprint density at radius 3 is 2.75 bits per heavy atom. The third-order valence-corrected chi connectivity index (χ3v) is 5.34. The van der Waals surface area contributed by atoms with Crippen molar-refractivity contribution in [3.05, 3.63) is 35.9 Å². The van der Waals surface area contributed by atoms with E-state index in [1.807, 2.05) is 37.9 Å². The SMILES string of the molecule is CC(C)(C)n1nnc(C(=O)N2CC[C@@H]3CC[C@@]32c2cccnc2)n1. The first kappa shape index (κ1) is 15.2. The number of carbonyl (C=O) groups is 1. The fourth-order valence-corrected chi connectivity index (χ4v) is 3.99. The molecule has 4 rings (SSSR count). The van der Waals surface area contributed by atoms with Crippen molar-refractivity contribution in [1.29, 1.82) is 0 Å². The largest absolute Gasteiger partial charge is 0.326 e. The van der Waals surface area contributed by atoms with Gasteiger partial charge in [0.1, 0.15) is 0 Å². The molecule has 0 unspecified atom stereocenters. The summed E-state index contributed by atoms with van der Waals surface area (Å²) in [4.78, 5) is 20.8. The maximum Gasteiger partial charge on any atom is 0.296 e. The molecule has 0 aromatic carbocycles. The second kappa shape index (κ2) is 5.09. The van der Waals surface area contributed by atoms with Gasteiger partial charge in [-0.2, -0.15) is 4.80 Å². The first-order valence-electron chi connectivity index (χ1n) is 8.46. The highest BCUT2D eigenvalue weighted by Crippen LogP contribution is 2.56. The molecule has 2 aromatic rings. The molecule has 0 spiro atoms. The van der Waals surface area contributed by atoms with Gasteiger partial charge in [0.2, 0.25) is 0 Å². The molecule has 2 aromatic heterocycles. The molecule has 2 aliphatic rings. The summed E-state index contributed by atoms with van der Waals surface area (Å²) in [6.07, 6.45) is 6.81. The number of hydrogen-bond acceptors (Lipinski definition) is 5. The third-order valence-electron chi connectivity index (χ3n) is 5.34. The van der Waals surface area contributed by atoms with Crippen molar-refractivity contribution in [2.45, 2.75) is 51.1 Å². The fraction of sp³-hybridized carbons (Fsp3) is 0.588. The molecule has 1 aliphatic heterocycles. The maximum atomic E-state index is 13.1. The van der Waals surface area contributed by atoms with E-state index in [1.165, 1.54) is 4.80 Å². The number of aromatic nitrogens is 5. The summed E-state index contributed by atoms with van der Waals surface area (Å²) in [6.45, 7) is 6.69. The van der Waals surface area contributed by atoms with Crippen LogP contribution in [0.2, 0.25) is 0 Å². The zero-order valence-corrected chi connectivity index (χ0v) is 14.3. The quantitative estimate of drug-likeness (QED) is 0.843. The first-order valence-corrected chi connectivity index (χ1v) is 8.46. The van der Waals surface area contributed by atoms with Crippen LogP contribution in [0.3, 0.4) is 0 Å². The smallest absolute Gasteiger partial charge is 0.296 e. The number of hydrogen-bond donors (Lipinski definition) is 0. The van der Waals surface area contributed by atoms with Gasteiger partial charge < -0.3 is 4.90 Å². The predicted octanol–water partition coefficient (Wildman–Crippen LogP) is 1.97. The summed E-state index contributed by atoms with van der Waals surface area (Å²) < 4.78 is 0. The number of fused-ring (bicyclic) bond motifs is 1. The molecule has 1 saturated carbocycles. The second-order valence-corrected chi connectivity index (χ2v) is 7.72. The molecule has 0 bridgehead atoms. The van der Waals surface area contributed by atoms with Crippen LogP contribution in [-0.2, 0) is 11.1 Å². The Balaban J connectivity index is 1.68. The molecule has 1 aliphatic carbocycles. The lowest BCUT2D eigenvalue weighted by Gasteiger charge is -2.50. The summed E-state index contributed by atoms with van der Waals surface area (Å²) in [5, 5.41) is 12.4. The van der Waals surface area contributed by atoms with Gasteiger partial charge in [-0.3, -0.25) is 9.78 Å². The predicted molar refractivity (Wildman–Crippen MR) is 87.1 cm³/mol. The van der Waals surface area contributed by atoms with Crippen LogP contribution >= 0.6 is 0 Å². The second-order valence-electron chi connectivity index (χ2n) is 7.72. The Hall–Kier alpha value is -2.31. The Bertz CT molecular complexity index is 765. The average Bonchev–Trinajstić information content (AvgIpc) is 3.11. The van der Waals surface area contributed by atoms with Crippen molar-refractivity contribution < 1.29 is 4.79 Å². The van der Waals surface area contributed by atoms with Gasteiger partial charge in [0.15, 0.2) is 0 Å². The van der Waals surface area contributed by atoms with Crippen molar-refractivity contribution in [3.63, 3.8) is 0 Å². The maximum absolute atomic E-state index is 13.1. The minimum atomic E-state index is -0.295. The molecule has 126 valence electrons. The van der Waals surface area contributed by atoms with Gasteiger partial charge >= 0.3 is 0 Å². The Morgan fingerprint density at radius 2 is 2.17 bits per heavy atom. The molecule has 24 heavy (non-hydrogen) atoms. The normalized spacial score (nSPS) is 26.1. The highest BCUT2D eigenvalue weighted by atomic mass is 16.2. The van der Waals surface area contributed by atoms with Gasteiger partial charge in [0, 0.05) is 18.9 Å². The van der Waals surface area contributed by atoms with E-state index in [9.17, 15) is 4.79 Å². The van der Waals surface area contributed by atoms with Crippen LogP contribution in [0.15, 0.2) is 24.5 Å². The standard InChI is InChI=1S/C17H22N6O/c1-16(2,3)23-20-14(19-21-23)15(24)22-10-7-12-6-8-17(12,22)13-5-4-9-18-11-13/h4-5,9,11-12H,6-8,10H2,1-3H3/t12-,17-/m0/s1. The van der Waals surface area contributed by atoms with Gasteiger partial charge in [0.05, 0.1) is 11.1 Å². The van der Waals surface area contributed by atoms with Gasteiger partial charge in [-0.15, -0.1) is 10.2 Å². The number of amides is 1. The lowest BCUT2D eigenvalue weighted by atomic mass is 9.64. The van der Waals surface area contributed by atoms with Crippen molar-refractivity contribution in [2.24, 2.45) is 5.92 Å². The summed E-state index contributed by atoms with van der Waals surface area (Å²) in [6, 6.07) is 4.01. The number of carbonyl (C=O) groups excluding carboxylic acids is 1. The lowest BCUT2D eigenvalue weighted by Crippen LogP contribution is -2.53. The molecule has 2 fully saturated rings. The number of likely N-dealkylation sites (tertiary alicyclic amines) is 1. The summed E-state index contributed by atoms with van der Waals surface area (Å²) in [5.74, 6) is 0.556. The molecule has 7 heteroatoms. The third kappa shape index (κ3) is 2.07. The topological polar surface area (TPSA) is 76.8 Å². The molecular formula is C17H22N6O. The minimum Gasteiger partial charge on any atom is -0.326 e. The van der Waals surface area contributed by atoms with E-state index in [4.69, 9.17) is 0 Å². The van der Waals surface area contributed by atoms with E-state index in [2.05, 4.69) is 26.5 Å². The Kier molecular flexibility index (Phi) is 3.23. The van der Waals surface area contributed by atoms with Gasteiger partial charge in [-0.25, -0.2) is 0 Å². The molecule has 1 saturated heterocycles. The van der Waals surface area contributed by atoms with Gasteiger partial charge in [0.25, 0.3) is 11.7 Å². The van der Waals surface area contributed by atoms with Gasteiger partial charge in [-0.05, 0) is 62.8 Å². The van der Waals surface area contributed by atoms with Crippen molar-refractivity contribution in [1.82, 2.24) is 30.1 Å². The van der Waals surface area contributed by atoms with Crippen molar-refractivity contribution in [2.75, 3.05) is 6.54 Å². The van der Waals surface area contributed by atoms with Crippen LogP contribution < -0.4 is 0 Å². The summed E-state index contributed by atoms with van der Waals surface area (Å²) in [7, 11) is 0. The van der Waals surface area contributed by atoms with Gasteiger partial charge in [-0.1, -0.05) is 6.07 Å². The summed E-state index contributed by atoms with van der Waals surface area (Å²) in [5.41, 5.74) is 0.588. The minimum absolute atomic E-state index is 0.128. The average molecular weight is 326 g/mol. The summed E-state index contributed by atoms with van der Waals surface area (Å²) >= 11 is 0. The fourth-order valence-electron chi connectivity index (χ4n) is 3.99. The van der Waals surface area contributed by atoms with Crippen LogP contribution in [0.5, 0.6) is 0 Å². The van der Waals surface area contributed by atoms with E-state index < -0.39 is 0 Å². The highest BCUT2D eigenvalue weighted by molar-refractivity contribution is 5.91. The zero-order valence-electron chi connectivity index (χ0n) is 14.3. The van der Waals surface area contributed by atoms with Crippen LogP contribution in [0.1, 0.15) is 56.2 Å². The number of pyridine rings is 1. The molecule has 3 heterocycles. The zero-order chi connectivity index (χ0) is 16.9. The van der Waals surface area contributed by atoms with E-state index in [-0.39, 0.29) is 22.8 Å². The molecular weight excluding hydrogens is 304 g/mol. The molecule has 0 N–H and O–H groups in total. The van der Waals surface area contributed by atoms with Crippen LogP contribution in [0.25, 0.3) is 0 Å². The number of tetrazole rings is 1. The van der Waals surface area contributed by atoms with E-state index in [1.54, 1.807) is 6.20 Å². The van der Waals surface area contributed by atoms with E-state index >= 15 is 0 Å². The van der Waals surface area contributed by atoms with Crippen molar-refractivity contribution >= 4 is 5.91 Å². The van der Waals surface area contributed by atoms with Crippen LogP contribution in [0.4, 0.5) is 0 Å². The first-order chi connectivity index (χ1) is 11.4. The highest BCUT2D eigenvalue weighted by Gasteiger charge is 2.58. The molecule has 2 atom stereocenters. The molecule has 7 nitrogen and oxygen atoms in total. The molecule has 0 radical (unpaired) electrons. The number of rotatable bonds is 2. The Morgan fingerprint density at radius 1 is 1.33 bits per heavy atom. The molecule has 1 amide bonds.